The van der Waals surface area contributed by atoms with E-state index in [1.807, 2.05) is 32.0 Å². The Bertz CT molecular complexity index is 1100. The Morgan fingerprint density at radius 3 is 2.24 bits per heavy atom. The molecule has 0 saturated carbocycles. The van der Waals surface area contributed by atoms with Crippen LogP contribution in [-0.2, 0) is 9.53 Å². The van der Waals surface area contributed by atoms with Gasteiger partial charge in [0, 0.05) is 23.0 Å². The largest absolute Gasteiger partial charge is 0.467 e. The maximum absolute atomic E-state index is 12.6. The molecule has 0 saturated heterocycles. The first-order valence-electron chi connectivity index (χ1n) is 10.5. The van der Waals surface area contributed by atoms with E-state index in [4.69, 9.17) is 9.26 Å². The molecule has 9 heteroatoms. The molecule has 3 aromatic rings. The molecule has 0 aliphatic rings. The van der Waals surface area contributed by atoms with E-state index >= 15 is 0 Å². The number of ether oxygens (including phenoxy) is 1. The first-order chi connectivity index (χ1) is 15.9. The van der Waals surface area contributed by atoms with E-state index in [2.05, 4.69) is 21.1 Å². The number of nitrogens with one attached hydrogen (secondary N) is 3. The van der Waals surface area contributed by atoms with Crippen molar-refractivity contribution in [3.8, 4) is 11.3 Å². The third-order valence-corrected chi connectivity index (χ3v) is 5.16. The zero-order valence-corrected chi connectivity index (χ0v) is 18.6. The summed E-state index contributed by atoms with van der Waals surface area (Å²) in [6.07, 6.45) is 0.686. The van der Waals surface area contributed by atoms with Crippen molar-refractivity contribution < 1.29 is 23.6 Å². The van der Waals surface area contributed by atoms with Crippen LogP contribution in [0.4, 0.5) is 16.2 Å². The van der Waals surface area contributed by atoms with Gasteiger partial charge in [-0.15, -0.1) is 0 Å². The molecular formula is C24H26N4O5. The van der Waals surface area contributed by atoms with Gasteiger partial charge in [-0.25, -0.2) is 9.59 Å². The SMILES string of the molecule is CCC(C)[C@H](NC(=O)c1cc(-c2ccc(NC(=O)Nc3ccccc3)cc2)no1)C(=O)OC. The molecule has 1 heterocycles. The molecule has 1 aromatic heterocycles. The number of carbonyl (C=O) groups excluding carboxylic acids is 3. The maximum Gasteiger partial charge on any atom is 0.328 e. The number of para-hydroxylation sites is 1. The number of benzene rings is 2. The molecule has 0 aliphatic carbocycles. The van der Waals surface area contributed by atoms with E-state index < -0.39 is 17.9 Å². The van der Waals surface area contributed by atoms with Crippen molar-refractivity contribution in [1.29, 1.82) is 0 Å². The van der Waals surface area contributed by atoms with Crippen LogP contribution in [0.1, 0.15) is 30.8 Å². The number of rotatable bonds is 8. The number of methoxy groups -OCH3 is 1. The van der Waals surface area contributed by atoms with Crippen molar-refractivity contribution >= 4 is 29.3 Å². The van der Waals surface area contributed by atoms with E-state index in [-0.39, 0.29) is 17.7 Å². The fourth-order valence-electron chi connectivity index (χ4n) is 3.07. The van der Waals surface area contributed by atoms with Gasteiger partial charge in [-0.3, -0.25) is 4.79 Å². The summed E-state index contributed by atoms with van der Waals surface area (Å²) in [6.45, 7) is 3.77. The second-order valence-corrected chi connectivity index (χ2v) is 7.46. The highest BCUT2D eigenvalue weighted by molar-refractivity contribution is 6.00. The lowest BCUT2D eigenvalue weighted by atomic mass is 9.99. The van der Waals surface area contributed by atoms with Crippen LogP contribution in [0.5, 0.6) is 0 Å². The summed E-state index contributed by atoms with van der Waals surface area (Å²) in [4.78, 5) is 36.7. The van der Waals surface area contributed by atoms with Crippen molar-refractivity contribution in [1.82, 2.24) is 10.5 Å². The minimum absolute atomic E-state index is 0.0216. The summed E-state index contributed by atoms with van der Waals surface area (Å²) in [6, 6.07) is 16.4. The van der Waals surface area contributed by atoms with Gasteiger partial charge in [-0.1, -0.05) is 55.8 Å². The highest BCUT2D eigenvalue weighted by atomic mass is 16.5. The van der Waals surface area contributed by atoms with Gasteiger partial charge in [-0.05, 0) is 30.2 Å². The summed E-state index contributed by atoms with van der Waals surface area (Å²) in [5.41, 5.74) is 2.41. The molecule has 2 aromatic carbocycles. The predicted octanol–water partition coefficient (Wildman–Crippen LogP) is 4.30. The maximum atomic E-state index is 12.6. The van der Waals surface area contributed by atoms with Crippen LogP contribution in [0, 0.1) is 5.92 Å². The summed E-state index contributed by atoms with van der Waals surface area (Å²) in [5, 5.41) is 12.1. The second-order valence-electron chi connectivity index (χ2n) is 7.46. The molecule has 0 spiro atoms. The van der Waals surface area contributed by atoms with E-state index in [0.29, 0.717) is 29.1 Å². The number of hydrogen-bond donors (Lipinski definition) is 3. The molecular weight excluding hydrogens is 424 g/mol. The van der Waals surface area contributed by atoms with Gasteiger partial charge in [0.1, 0.15) is 11.7 Å². The third-order valence-electron chi connectivity index (χ3n) is 5.16. The van der Waals surface area contributed by atoms with Crippen LogP contribution in [-0.4, -0.2) is 36.2 Å². The smallest absolute Gasteiger partial charge is 0.328 e. The fourth-order valence-corrected chi connectivity index (χ4v) is 3.07. The monoisotopic (exact) mass is 450 g/mol. The Labute approximate surface area is 191 Å². The molecule has 3 N–H and O–H groups in total. The molecule has 3 rings (SSSR count). The number of amides is 3. The van der Waals surface area contributed by atoms with E-state index in [1.54, 1.807) is 36.4 Å². The number of urea groups is 1. The number of esters is 1. The van der Waals surface area contributed by atoms with E-state index in [1.165, 1.54) is 13.2 Å². The lowest BCUT2D eigenvalue weighted by Crippen LogP contribution is -2.45. The van der Waals surface area contributed by atoms with Crippen LogP contribution < -0.4 is 16.0 Å². The average molecular weight is 450 g/mol. The molecule has 0 bridgehead atoms. The number of aromatic nitrogens is 1. The molecule has 33 heavy (non-hydrogen) atoms. The van der Waals surface area contributed by atoms with Crippen LogP contribution in [0.2, 0.25) is 0 Å². The van der Waals surface area contributed by atoms with Crippen molar-refractivity contribution in [3.05, 3.63) is 66.4 Å². The van der Waals surface area contributed by atoms with Gasteiger partial charge in [-0.2, -0.15) is 0 Å². The molecule has 2 atom stereocenters. The van der Waals surface area contributed by atoms with Crippen molar-refractivity contribution in [2.24, 2.45) is 5.92 Å². The Kier molecular flexibility index (Phi) is 7.80. The Morgan fingerprint density at radius 2 is 1.64 bits per heavy atom. The molecule has 0 aliphatic heterocycles. The lowest BCUT2D eigenvalue weighted by molar-refractivity contribution is -0.144. The number of carbonyl (C=O) groups is 3. The Hall–Kier alpha value is -4.14. The standard InChI is InChI=1S/C24H26N4O5/c1-4-15(2)21(23(30)32-3)27-22(29)20-14-19(28-33-20)16-10-12-18(13-11-16)26-24(31)25-17-8-6-5-7-9-17/h5-15,21H,4H2,1-3H3,(H,27,29)(H2,25,26,31)/t15?,21-/m0/s1. The molecule has 0 fully saturated rings. The molecule has 9 nitrogen and oxygen atoms in total. The van der Waals surface area contributed by atoms with Crippen LogP contribution >= 0.6 is 0 Å². The average Bonchev–Trinajstić information content (AvgIpc) is 3.33. The van der Waals surface area contributed by atoms with Crippen LogP contribution in [0.3, 0.4) is 0 Å². The summed E-state index contributed by atoms with van der Waals surface area (Å²) >= 11 is 0. The number of nitrogens with zero attached hydrogens (tertiary/aromatic N) is 1. The van der Waals surface area contributed by atoms with Crippen molar-refractivity contribution in [2.45, 2.75) is 26.3 Å². The quantitative estimate of drug-likeness (QED) is 0.440. The first kappa shape index (κ1) is 23.5. The first-order valence-corrected chi connectivity index (χ1v) is 10.5. The normalized spacial score (nSPS) is 12.3. The van der Waals surface area contributed by atoms with E-state index in [0.717, 1.165) is 0 Å². The van der Waals surface area contributed by atoms with Crippen LogP contribution in [0.25, 0.3) is 11.3 Å². The lowest BCUT2D eigenvalue weighted by Gasteiger charge is -2.20. The number of anilines is 2. The van der Waals surface area contributed by atoms with Gasteiger partial charge in [0.15, 0.2) is 0 Å². The Morgan fingerprint density at radius 1 is 1.00 bits per heavy atom. The van der Waals surface area contributed by atoms with Gasteiger partial charge < -0.3 is 25.2 Å². The highest BCUT2D eigenvalue weighted by Crippen LogP contribution is 2.22. The molecule has 1 unspecified atom stereocenters. The van der Waals surface area contributed by atoms with Gasteiger partial charge >= 0.3 is 12.0 Å². The van der Waals surface area contributed by atoms with Gasteiger partial charge in [0.05, 0.1) is 7.11 Å². The topological polar surface area (TPSA) is 123 Å². The van der Waals surface area contributed by atoms with E-state index in [9.17, 15) is 14.4 Å². The number of hydrogen-bond acceptors (Lipinski definition) is 6. The Balaban J connectivity index is 1.63. The zero-order valence-electron chi connectivity index (χ0n) is 18.6. The third kappa shape index (κ3) is 6.19. The predicted molar refractivity (Wildman–Crippen MR) is 124 cm³/mol. The van der Waals surface area contributed by atoms with Gasteiger partial charge in [0.2, 0.25) is 5.76 Å². The summed E-state index contributed by atoms with van der Waals surface area (Å²) in [5.74, 6) is -1.20. The summed E-state index contributed by atoms with van der Waals surface area (Å²) in [7, 11) is 1.28. The minimum Gasteiger partial charge on any atom is -0.467 e. The van der Waals surface area contributed by atoms with Crippen molar-refractivity contribution in [2.75, 3.05) is 17.7 Å². The highest BCUT2D eigenvalue weighted by Gasteiger charge is 2.28. The second kappa shape index (κ2) is 10.9. The van der Waals surface area contributed by atoms with Crippen LogP contribution in [0.15, 0.2) is 65.2 Å². The van der Waals surface area contributed by atoms with Crippen molar-refractivity contribution in [3.63, 3.8) is 0 Å². The molecule has 0 radical (unpaired) electrons. The summed E-state index contributed by atoms with van der Waals surface area (Å²) < 4.78 is 9.96. The minimum atomic E-state index is -0.784. The molecule has 3 amide bonds. The van der Waals surface area contributed by atoms with Gasteiger partial charge in [0.25, 0.3) is 5.91 Å². The zero-order chi connectivity index (χ0) is 23.8. The fraction of sp³-hybridized carbons (Fsp3) is 0.250. The molecule has 172 valence electrons.